The summed E-state index contributed by atoms with van der Waals surface area (Å²) in [5.41, 5.74) is 6.86. The van der Waals surface area contributed by atoms with Crippen molar-refractivity contribution in [3.8, 4) is 5.69 Å². The van der Waals surface area contributed by atoms with Crippen molar-refractivity contribution in [1.29, 1.82) is 0 Å². The average Bonchev–Trinajstić information content (AvgIpc) is 3.00. The highest BCUT2D eigenvalue weighted by atomic mass is 19.4. The molecule has 28 heavy (non-hydrogen) atoms. The molecule has 0 saturated heterocycles. The Labute approximate surface area is 153 Å². The highest BCUT2D eigenvalue weighted by Gasteiger charge is 2.38. The number of nitrogens with two attached hydrogens (primary N) is 1. The van der Waals surface area contributed by atoms with Crippen molar-refractivity contribution in [2.24, 2.45) is 5.73 Å². The van der Waals surface area contributed by atoms with Gasteiger partial charge >= 0.3 is 18.3 Å². The van der Waals surface area contributed by atoms with Crippen molar-refractivity contribution in [2.75, 3.05) is 0 Å². The quantitative estimate of drug-likeness (QED) is 0.635. The lowest BCUT2D eigenvalue weighted by molar-refractivity contribution is -0.192. The zero-order valence-electron chi connectivity index (χ0n) is 13.8. The second-order valence-corrected chi connectivity index (χ2v) is 5.30. The van der Waals surface area contributed by atoms with Crippen LogP contribution in [-0.2, 0) is 17.5 Å². The minimum Gasteiger partial charge on any atom is -0.475 e. The molecule has 0 aliphatic rings. The van der Waals surface area contributed by atoms with Crippen LogP contribution in [0, 0.1) is 0 Å². The number of nitrogens with zero attached hydrogens (tertiary/aromatic N) is 3. The molecule has 0 atom stereocenters. The molecular formula is C16H12F6N4O2. The molecule has 2 aromatic heterocycles. The lowest BCUT2D eigenvalue weighted by Gasteiger charge is -2.08. The third-order valence-electron chi connectivity index (χ3n) is 3.43. The van der Waals surface area contributed by atoms with Crippen LogP contribution in [0.25, 0.3) is 16.6 Å². The van der Waals surface area contributed by atoms with Crippen molar-refractivity contribution in [1.82, 2.24) is 14.8 Å². The SMILES string of the molecule is NCc1nn(-c2ccc(C(F)(F)F)cc2)c2cnccc12.O=C(O)C(F)(F)F. The van der Waals surface area contributed by atoms with Crippen LogP contribution in [0.4, 0.5) is 26.3 Å². The van der Waals surface area contributed by atoms with E-state index in [0.29, 0.717) is 16.9 Å². The molecule has 150 valence electrons. The van der Waals surface area contributed by atoms with Crippen LogP contribution < -0.4 is 5.73 Å². The van der Waals surface area contributed by atoms with Gasteiger partial charge in [0, 0.05) is 18.1 Å². The maximum absolute atomic E-state index is 12.6. The summed E-state index contributed by atoms with van der Waals surface area (Å²) in [6.45, 7) is 0.244. The van der Waals surface area contributed by atoms with E-state index in [1.54, 1.807) is 23.1 Å². The third-order valence-corrected chi connectivity index (χ3v) is 3.43. The zero-order chi connectivity index (χ0) is 21.1. The molecule has 0 fully saturated rings. The van der Waals surface area contributed by atoms with Crippen molar-refractivity contribution < 1.29 is 36.2 Å². The summed E-state index contributed by atoms with van der Waals surface area (Å²) in [6, 6.07) is 6.60. The number of pyridine rings is 1. The number of halogens is 6. The highest BCUT2D eigenvalue weighted by Crippen LogP contribution is 2.30. The van der Waals surface area contributed by atoms with Gasteiger partial charge in [-0.2, -0.15) is 31.4 Å². The fraction of sp³-hybridized carbons (Fsp3) is 0.188. The Morgan fingerprint density at radius 3 is 2.11 bits per heavy atom. The normalized spacial score (nSPS) is 11.8. The van der Waals surface area contributed by atoms with Gasteiger partial charge in [-0.3, -0.25) is 4.98 Å². The molecule has 0 spiro atoms. The number of rotatable bonds is 2. The Bertz CT molecular complexity index is 964. The Morgan fingerprint density at radius 1 is 1.07 bits per heavy atom. The largest absolute Gasteiger partial charge is 0.490 e. The van der Waals surface area contributed by atoms with Gasteiger partial charge in [0.05, 0.1) is 28.7 Å². The molecule has 0 amide bonds. The van der Waals surface area contributed by atoms with Gasteiger partial charge in [-0.15, -0.1) is 0 Å². The Balaban J connectivity index is 0.000000345. The molecular weight excluding hydrogens is 394 g/mol. The number of fused-ring (bicyclic) bond motifs is 1. The fourth-order valence-electron chi connectivity index (χ4n) is 2.17. The minimum absolute atomic E-state index is 0.244. The monoisotopic (exact) mass is 406 g/mol. The first kappa shape index (κ1) is 21.2. The maximum Gasteiger partial charge on any atom is 0.490 e. The minimum atomic E-state index is -5.08. The van der Waals surface area contributed by atoms with Gasteiger partial charge in [0.25, 0.3) is 0 Å². The van der Waals surface area contributed by atoms with E-state index in [0.717, 1.165) is 17.5 Å². The van der Waals surface area contributed by atoms with Gasteiger partial charge in [0.2, 0.25) is 0 Å². The van der Waals surface area contributed by atoms with E-state index in [-0.39, 0.29) is 6.54 Å². The van der Waals surface area contributed by atoms with Crippen LogP contribution in [0.1, 0.15) is 11.3 Å². The molecule has 3 N–H and O–H groups in total. The zero-order valence-corrected chi connectivity index (χ0v) is 13.8. The van der Waals surface area contributed by atoms with Crippen LogP contribution in [0.3, 0.4) is 0 Å². The molecule has 0 bridgehead atoms. The lowest BCUT2D eigenvalue weighted by atomic mass is 10.2. The van der Waals surface area contributed by atoms with Gasteiger partial charge in [0.15, 0.2) is 0 Å². The van der Waals surface area contributed by atoms with E-state index in [1.807, 2.05) is 0 Å². The summed E-state index contributed by atoms with van der Waals surface area (Å²) in [6.07, 6.45) is -6.20. The van der Waals surface area contributed by atoms with Crippen molar-refractivity contribution >= 4 is 16.9 Å². The molecule has 0 radical (unpaired) electrons. The van der Waals surface area contributed by atoms with E-state index in [2.05, 4.69) is 10.1 Å². The molecule has 0 aliphatic carbocycles. The van der Waals surface area contributed by atoms with Crippen LogP contribution >= 0.6 is 0 Å². The first-order valence-electron chi connectivity index (χ1n) is 7.44. The number of carbonyl (C=O) groups is 1. The van der Waals surface area contributed by atoms with Crippen LogP contribution in [0.5, 0.6) is 0 Å². The highest BCUT2D eigenvalue weighted by molar-refractivity contribution is 5.82. The van der Waals surface area contributed by atoms with Gasteiger partial charge in [-0.1, -0.05) is 0 Å². The van der Waals surface area contributed by atoms with E-state index < -0.39 is 23.9 Å². The van der Waals surface area contributed by atoms with Crippen LogP contribution in [-0.4, -0.2) is 32.0 Å². The number of hydrogen-bond acceptors (Lipinski definition) is 4. The van der Waals surface area contributed by atoms with Gasteiger partial charge in [-0.05, 0) is 30.3 Å². The Morgan fingerprint density at radius 2 is 1.64 bits per heavy atom. The van der Waals surface area contributed by atoms with Gasteiger partial charge < -0.3 is 10.8 Å². The molecule has 2 heterocycles. The van der Waals surface area contributed by atoms with Crippen molar-refractivity contribution in [3.63, 3.8) is 0 Å². The molecule has 12 heteroatoms. The van der Waals surface area contributed by atoms with Crippen molar-refractivity contribution in [2.45, 2.75) is 18.9 Å². The van der Waals surface area contributed by atoms with Crippen molar-refractivity contribution in [3.05, 3.63) is 54.0 Å². The number of aliphatic carboxylic acids is 1. The molecule has 3 aromatic rings. The summed E-state index contributed by atoms with van der Waals surface area (Å²) < 4.78 is 71.0. The van der Waals surface area contributed by atoms with E-state index >= 15 is 0 Å². The lowest BCUT2D eigenvalue weighted by Crippen LogP contribution is -2.21. The molecule has 3 rings (SSSR count). The Kier molecular flexibility index (Phi) is 5.92. The molecule has 0 unspecified atom stereocenters. The summed E-state index contributed by atoms with van der Waals surface area (Å²) in [5, 5.41) is 12.3. The Hall–Kier alpha value is -3.15. The number of aromatic nitrogens is 3. The van der Waals surface area contributed by atoms with E-state index in [1.165, 1.54) is 12.1 Å². The third kappa shape index (κ3) is 4.76. The smallest absolute Gasteiger partial charge is 0.475 e. The maximum atomic E-state index is 12.6. The first-order chi connectivity index (χ1) is 12.9. The number of carboxylic acid groups (broad SMARTS) is 1. The molecule has 0 aliphatic heterocycles. The summed E-state index contributed by atoms with van der Waals surface area (Å²) >= 11 is 0. The topological polar surface area (TPSA) is 94.0 Å². The van der Waals surface area contributed by atoms with Gasteiger partial charge in [0.1, 0.15) is 0 Å². The van der Waals surface area contributed by atoms with Crippen LogP contribution in [0.2, 0.25) is 0 Å². The number of benzene rings is 1. The first-order valence-corrected chi connectivity index (χ1v) is 7.44. The number of alkyl halides is 6. The predicted octanol–water partition coefficient (Wildman–Crippen LogP) is 3.53. The second-order valence-electron chi connectivity index (χ2n) is 5.30. The molecule has 0 saturated carbocycles. The summed E-state index contributed by atoms with van der Waals surface area (Å²) in [4.78, 5) is 12.9. The average molecular weight is 406 g/mol. The van der Waals surface area contributed by atoms with Crippen LogP contribution in [0.15, 0.2) is 42.7 Å². The number of hydrogen-bond donors (Lipinski definition) is 2. The summed E-state index contributed by atoms with van der Waals surface area (Å²) in [5.74, 6) is -2.76. The molecule has 6 nitrogen and oxygen atoms in total. The van der Waals surface area contributed by atoms with E-state index in [4.69, 9.17) is 15.6 Å². The predicted molar refractivity (Wildman–Crippen MR) is 85.4 cm³/mol. The standard InChI is InChI=1S/C14H11F3N4.C2HF3O2/c15-14(16,17)9-1-3-10(4-2-9)21-13-8-19-6-5-11(13)12(7-18)20-21;3-2(4,5)1(6)7/h1-6,8H,7,18H2;(H,6,7). The fourth-order valence-corrected chi connectivity index (χ4v) is 2.17. The second kappa shape index (κ2) is 7.84. The number of carboxylic acids is 1. The van der Waals surface area contributed by atoms with E-state index in [9.17, 15) is 26.3 Å². The summed E-state index contributed by atoms with van der Waals surface area (Å²) in [7, 11) is 0. The van der Waals surface area contributed by atoms with Gasteiger partial charge in [-0.25, -0.2) is 9.48 Å². The molecule has 1 aromatic carbocycles.